The first kappa shape index (κ1) is 5.58. The van der Waals surface area contributed by atoms with Crippen molar-refractivity contribution >= 4 is 11.9 Å². The van der Waals surface area contributed by atoms with Crippen molar-refractivity contribution in [1.29, 1.82) is 0 Å². The second kappa shape index (κ2) is 1.90. The number of oxazole rings is 1. The quantitative estimate of drug-likeness (QED) is 0.637. The third-order valence-corrected chi connectivity index (χ3v) is 1.43. The van der Waals surface area contributed by atoms with Crippen molar-refractivity contribution in [3.8, 4) is 0 Å². The van der Waals surface area contributed by atoms with Crippen LogP contribution in [0.15, 0.2) is 10.6 Å². The molecule has 3 N–H and O–H groups in total. The largest absolute Gasteiger partial charge is 0.408 e. The summed E-state index contributed by atoms with van der Waals surface area (Å²) in [5, 5.41) is 3.08. The highest BCUT2D eigenvalue weighted by Gasteiger charge is 2.22. The SMILES string of the molecule is Nc1cnc(NC2CC2)o1. The molecule has 1 aliphatic rings. The van der Waals surface area contributed by atoms with Gasteiger partial charge in [0, 0.05) is 6.04 Å². The normalized spacial score (nSPS) is 17.2. The van der Waals surface area contributed by atoms with Gasteiger partial charge in [-0.15, -0.1) is 0 Å². The molecule has 0 radical (unpaired) electrons. The number of nitrogens with zero attached hydrogens (tertiary/aromatic N) is 1. The summed E-state index contributed by atoms with van der Waals surface area (Å²) in [7, 11) is 0. The van der Waals surface area contributed by atoms with Gasteiger partial charge in [-0.05, 0) is 12.8 Å². The summed E-state index contributed by atoms with van der Waals surface area (Å²) in [5.74, 6) is 0.364. The monoisotopic (exact) mass is 139 g/mol. The summed E-state index contributed by atoms with van der Waals surface area (Å²) in [6, 6.07) is 1.11. The molecule has 0 atom stereocenters. The molecule has 54 valence electrons. The summed E-state index contributed by atoms with van der Waals surface area (Å²) >= 11 is 0. The Morgan fingerprint density at radius 3 is 3.00 bits per heavy atom. The number of aromatic nitrogens is 1. The van der Waals surface area contributed by atoms with Crippen molar-refractivity contribution in [1.82, 2.24) is 4.98 Å². The fraction of sp³-hybridized carbons (Fsp3) is 0.500. The van der Waals surface area contributed by atoms with E-state index in [1.165, 1.54) is 19.0 Å². The highest BCUT2D eigenvalue weighted by molar-refractivity contribution is 5.31. The highest BCUT2D eigenvalue weighted by atomic mass is 16.4. The molecule has 0 saturated heterocycles. The molecule has 4 nitrogen and oxygen atoms in total. The summed E-state index contributed by atoms with van der Waals surface area (Å²) in [5.41, 5.74) is 5.31. The van der Waals surface area contributed by atoms with Crippen molar-refractivity contribution in [2.24, 2.45) is 0 Å². The maximum Gasteiger partial charge on any atom is 0.296 e. The van der Waals surface area contributed by atoms with Gasteiger partial charge in [0.25, 0.3) is 6.01 Å². The van der Waals surface area contributed by atoms with Crippen LogP contribution in [0.25, 0.3) is 0 Å². The molecule has 4 heteroatoms. The third-order valence-electron chi connectivity index (χ3n) is 1.43. The zero-order valence-corrected chi connectivity index (χ0v) is 5.50. The molecule has 0 spiro atoms. The minimum atomic E-state index is 0.364. The summed E-state index contributed by atoms with van der Waals surface area (Å²) in [6.45, 7) is 0. The van der Waals surface area contributed by atoms with Crippen LogP contribution in [-0.4, -0.2) is 11.0 Å². The van der Waals surface area contributed by atoms with Gasteiger partial charge >= 0.3 is 0 Å². The summed E-state index contributed by atoms with van der Waals surface area (Å²) in [4.78, 5) is 3.89. The Labute approximate surface area is 58.4 Å². The zero-order chi connectivity index (χ0) is 6.97. The molecule has 1 fully saturated rings. The van der Waals surface area contributed by atoms with Crippen LogP contribution in [0.4, 0.5) is 11.9 Å². The number of nitrogens with one attached hydrogen (secondary N) is 1. The number of anilines is 2. The maximum absolute atomic E-state index is 5.31. The zero-order valence-electron chi connectivity index (χ0n) is 5.50. The van der Waals surface area contributed by atoms with Crippen LogP contribution >= 0.6 is 0 Å². The number of rotatable bonds is 2. The molecule has 10 heavy (non-hydrogen) atoms. The Morgan fingerprint density at radius 1 is 1.70 bits per heavy atom. The summed E-state index contributed by atoms with van der Waals surface area (Å²) < 4.78 is 4.99. The second-order valence-corrected chi connectivity index (χ2v) is 2.49. The lowest BCUT2D eigenvalue weighted by atomic mass is 10.7. The van der Waals surface area contributed by atoms with Crippen molar-refractivity contribution in [3.05, 3.63) is 6.20 Å². The predicted octanol–water partition coefficient (Wildman–Crippen LogP) is 0.831. The minimum absolute atomic E-state index is 0.364. The lowest BCUT2D eigenvalue weighted by Gasteiger charge is -1.93. The van der Waals surface area contributed by atoms with E-state index in [9.17, 15) is 0 Å². The Balaban J connectivity index is 2.03. The van der Waals surface area contributed by atoms with Crippen molar-refractivity contribution in [2.75, 3.05) is 11.1 Å². The van der Waals surface area contributed by atoms with Crippen LogP contribution < -0.4 is 11.1 Å². The standard InChI is InChI=1S/C6H9N3O/c7-5-3-8-6(10-5)9-4-1-2-4/h3-4H,1-2,7H2,(H,8,9). The molecule has 0 aliphatic heterocycles. The fourth-order valence-electron chi connectivity index (χ4n) is 0.756. The topological polar surface area (TPSA) is 64.1 Å². The van der Waals surface area contributed by atoms with E-state index in [4.69, 9.17) is 10.2 Å². The van der Waals surface area contributed by atoms with Gasteiger partial charge < -0.3 is 15.5 Å². The van der Waals surface area contributed by atoms with E-state index in [2.05, 4.69) is 10.3 Å². The summed E-state index contributed by atoms with van der Waals surface area (Å²) in [6.07, 6.45) is 3.93. The minimum Gasteiger partial charge on any atom is -0.408 e. The van der Waals surface area contributed by atoms with Gasteiger partial charge in [0.05, 0.1) is 6.20 Å². The van der Waals surface area contributed by atoms with Crippen LogP contribution in [0, 0.1) is 0 Å². The number of hydrogen-bond acceptors (Lipinski definition) is 4. The van der Waals surface area contributed by atoms with Crippen molar-refractivity contribution < 1.29 is 4.42 Å². The number of nitrogen functional groups attached to an aromatic ring is 1. The molecule has 0 aromatic carbocycles. The van der Waals surface area contributed by atoms with Crippen LogP contribution in [0.2, 0.25) is 0 Å². The van der Waals surface area contributed by atoms with Crippen molar-refractivity contribution in [2.45, 2.75) is 18.9 Å². The Hall–Kier alpha value is -1.19. The molecular weight excluding hydrogens is 130 g/mol. The predicted molar refractivity (Wildman–Crippen MR) is 37.6 cm³/mol. The van der Waals surface area contributed by atoms with E-state index in [-0.39, 0.29) is 0 Å². The van der Waals surface area contributed by atoms with E-state index >= 15 is 0 Å². The molecule has 2 rings (SSSR count). The molecule has 1 aromatic rings. The molecule has 0 amide bonds. The highest BCUT2D eigenvalue weighted by Crippen LogP contribution is 2.24. The van der Waals surface area contributed by atoms with Gasteiger partial charge in [0.2, 0.25) is 5.88 Å². The Kier molecular flexibility index (Phi) is 1.06. The van der Waals surface area contributed by atoms with Gasteiger partial charge in [-0.3, -0.25) is 0 Å². The van der Waals surface area contributed by atoms with Crippen LogP contribution in [0.1, 0.15) is 12.8 Å². The molecule has 1 heterocycles. The second-order valence-electron chi connectivity index (χ2n) is 2.49. The van der Waals surface area contributed by atoms with Crippen LogP contribution in [-0.2, 0) is 0 Å². The molecule has 0 bridgehead atoms. The number of nitrogens with two attached hydrogens (primary N) is 1. The lowest BCUT2D eigenvalue weighted by molar-refractivity contribution is 0.589. The smallest absolute Gasteiger partial charge is 0.296 e. The Bertz CT molecular complexity index is 229. The van der Waals surface area contributed by atoms with E-state index in [1.807, 2.05) is 0 Å². The number of hydrogen-bond donors (Lipinski definition) is 2. The fourth-order valence-corrected chi connectivity index (χ4v) is 0.756. The lowest BCUT2D eigenvalue weighted by Crippen LogP contribution is -1.99. The van der Waals surface area contributed by atoms with Gasteiger partial charge in [-0.2, -0.15) is 4.98 Å². The van der Waals surface area contributed by atoms with Crippen LogP contribution in [0.3, 0.4) is 0 Å². The Morgan fingerprint density at radius 2 is 2.50 bits per heavy atom. The first-order valence-corrected chi connectivity index (χ1v) is 3.32. The maximum atomic E-state index is 5.31. The molecular formula is C6H9N3O. The average molecular weight is 139 g/mol. The molecule has 1 saturated carbocycles. The van der Waals surface area contributed by atoms with E-state index in [0.717, 1.165) is 0 Å². The van der Waals surface area contributed by atoms with Gasteiger partial charge in [-0.1, -0.05) is 0 Å². The first-order valence-electron chi connectivity index (χ1n) is 3.32. The van der Waals surface area contributed by atoms with Crippen LogP contribution in [0.5, 0.6) is 0 Å². The van der Waals surface area contributed by atoms with E-state index in [0.29, 0.717) is 17.9 Å². The van der Waals surface area contributed by atoms with Crippen molar-refractivity contribution in [3.63, 3.8) is 0 Å². The van der Waals surface area contributed by atoms with Gasteiger partial charge in [-0.25, -0.2) is 0 Å². The molecule has 1 aliphatic carbocycles. The molecule has 0 unspecified atom stereocenters. The average Bonchev–Trinajstić information content (AvgIpc) is 2.59. The molecule has 1 aromatic heterocycles. The van der Waals surface area contributed by atoms with Gasteiger partial charge in [0.1, 0.15) is 0 Å². The first-order chi connectivity index (χ1) is 4.84. The van der Waals surface area contributed by atoms with E-state index < -0.39 is 0 Å². The van der Waals surface area contributed by atoms with Gasteiger partial charge in [0.15, 0.2) is 0 Å². The van der Waals surface area contributed by atoms with E-state index in [1.54, 1.807) is 0 Å². The third kappa shape index (κ3) is 1.05.